The van der Waals surface area contributed by atoms with Gasteiger partial charge in [-0.15, -0.1) is 0 Å². The highest BCUT2D eigenvalue weighted by Gasteiger charge is 2.30. The molecule has 0 bridgehead atoms. The van der Waals surface area contributed by atoms with E-state index in [9.17, 15) is 0 Å². The molecule has 0 radical (unpaired) electrons. The van der Waals surface area contributed by atoms with Crippen LogP contribution in [0, 0.1) is 11.8 Å². The number of hydrogen-bond acceptors (Lipinski definition) is 6. The maximum Gasteiger partial charge on any atom is 0.164 e. The van der Waals surface area contributed by atoms with E-state index in [0.717, 1.165) is 79.7 Å². The number of pyridine rings is 1. The van der Waals surface area contributed by atoms with E-state index in [0.29, 0.717) is 17.4 Å². The third-order valence-electron chi connectivity index (χ3n) is 7.33. The largest absolute Gasteiger partial charge is 0.496 e. The number of rotatable bonds is 10. The van der Waals surface area contributed by atoms with Crippen LogP contribution in [0.2, 0.25) is 0 Å². The zero-order chi connectivity index (χ0) is 24.4. The van der Waals surface area contributed by atoms with Crippen molar-refractivity contribution in [1.82, 2.24) is 9.61 Å². The molecule has 2 aromatic heterocycles. The second kappa shape index (κ2) is 10.4. The topological polar surface area (TPSA) is 57.5 Å². The summed E-state index contributed by atoms with van der Waals surface area (Å²) >= 11 is 0. The lowest BCUT2D eigenvalue weighted by molar-refractivity contribution is 0.0682. The number of methoxy groups -OCH3 is 3. The van der Waals surface area contributed by atoms with Crippen molar-refractivity contribution in [1.29, 1.82) is 0 Å². The van der Waals surface area contributed by atoms with Crippen LogP contribution in [0.1, 0.15) is 38.3 Å². The van der Waals surface area contributed by atoms with Gasteiger partial charge in [0.2, 0.25) is 0 Å². The number of fused-ring (bicyclic) bond motifs is 1. The van der Waals surface area contributed by atoms with Gasteiger partial charge in [-0.3, -0.25) is 0 Å². The summed E-state index contributed by atoms with van der Waals surface area (Å²) in [5.41, 5.74) is 5.46. The van der Waals surface area contributed by atoms with Crippen LogP contribution < -0.4 is 19.1 Å². The standard InChI is InChI=1S/C28H37N3O4/c1-5-22-28(30(17-19-9-10-19)18-20-11-13-35-14-12-20)24-8-6-7-23(31(24)29-22)21-15-26(33-3)27(34-4)16-25(21)32-2/h6-8,15-16,19-20H,5,9-14,17-18H2,1-4H3. The van der Waals surface area contributed by atoms with Gasteiger partial charge in [0, 0.05) is 37.9 Å². The van der Waals surface area contributed by atoms with Crippen LogP contribution in [0.5, 0.6) is 17.2 Å². The Morgan fingerprint density at radius 1 is 0.914 bits per heavy atom. The van der Waals surface area contributed by atoms with Crippen molar-refractivity contribution < 1.29 is 18.9 Å². The second-order valence-electron chi connectivity index (χ2n) is 9.67. The number of aryl methyl sites for hydroxylation is 1. The summed E-state index contributed by atoms with van der Waals surface area (Å²) in [5.74, 6) is 3.49. The highest BCUT2D eigenvalue weighted by Crippen LogP contribution is 2.42. The molecule has 1 saturated carbocycles. The van der Waals surface area contributed by atoms with E-state index < -0.39 is 0 Å². The zero-order valence-electron chi connectivity index (χ0n) is 21.4. The fourth-order valence-electron chi connectivity index (χ4n) is 5.23. The van der Waals surface area contributed by atoms with E-state index in [2.05, 4.69) is 34.5 Å². The Morgan fingerprint density at radius 2 is 1.57 bits per heavy atom. The molecule has 0 atom stereocenters. The normalized spacial score (nSPS) is 16.5. The van der Waals surface area contributed by atoms with Crippen LogP contribution in [0.15, 0.2) is 30.3 Å². The van der Waals surface area contributed by atoms with E-state index in [4.69, 9.17) is 24.0 Å². The average Bonchev–Trinajstić information content (AvgIpc) is 3.64. The molecular weight excluding hydrogens is 442 g/mol. The highest BCUT2D eigenvalue weighted by molar-refractivity contribution is 5.81. The molecule has 3 heterocycles. The van der Waals surface area contributed by atoms with E-state index in [1.807, 2.05) is 12.1 Å². The molecular formula is C28H37N3O4. The maximum atomic E-state index is 5.76. The SMILES string of the molecule is CCc1nn2c(-c3cc(OC)c(OC)cc3OC)cccc2c1N(CC1CCOCC1)CC1CC1. The van der Waals surface area contributed by atoms with Crippen molar-refractivity contribution in [2.24, 2.45) is 11.8 Å². The van der Waals surface area contributed by atoms with Gasteiger partial charge in [-0.05, 0) is 62.1 Å². The fraction of sp³-hybridized carbons (Fsp3) is 0.536. The summed E-state index contributed by atoms with van der Waals surface area (Å²) in [6.45, 7) is 6.13. The molecule has 2 aliphatic rings. The monoisotopic (exact) mass is 479 g/mol. The summed E-state index contributed by atoms with van der Waals surface area (Å²) in [6.07, 6.45) is 5.82. The lowest BCUT2D eigenvalue weighted by Gasteiger charge is -2.31. The van der Waals surface area contributed by atoms with Crippen LogP contribution in [0.25, 0.3) is 16.8 Å². The van der Waals surface area contributed by atoms with Crippen molar-refractivity contribution in [3.63, 3.8) is 0 Å². The molecule has 2 fully saturated rings. The van der Waals surface area contributed by atoms with Gasteiger partial charge in [0.15, 0.2) is 11.5 Å². The maximum absolute atomic E-state index is 5.76. The first-order chi connectivity index (χ1) is 17.2. The number of hydrogen-bond donors (Lipinski definition) is 0. The van der Waals surface area contributed by atoms with Gasteiger partial charge in [0.25, 0.3) is 0 Å². The molecule has 0 spiro atoms. The summed E-state index contributed by atoms with van der Waals surface area (Å²) < 4.78 is 24.6. The Bertz CT molecular complexity index is 1160. The molecule has 0 amide bonds. The van der Waals surface area contributed by atoms with Crippen molar-refractivity contribution in [3.05, 3.63) is 36.0 Å². The Balaban J connectivity index is 1.62. The smallest absolute Gasteiger partial charge is 0.164 e. The molecule has 0 N–H and O–H groups in total. The van der Waals surface area contributed by atoms with Gasteiger partial charge in [0.05, 0.1) is 43.9 Å². The van der Waals surface area contributed by atoms with Crippen LogP contribution in [0.3, 0.4) is 0 Å². The van der Waals surface area contributed by atoms with Crippen molar-refractivity contribution in [2.75, 3.05) is 52.5 Å². The molecule has 1 saturated heterocycles. The first kappa shape index (κ1) is 23.8. The summed E-state index contributed by atoms with van der Waals surface area (Å²) in [5, 5.41) is 5.15. The summed E-state index contributed by atoms with van der Waals surface area (Å²) in [6, 6.07) is 10.3. The summed E-state index contributed by atoms with van der Waals surface area (Å²) in [4.78, 5) is 2.63. The van der Waals surface area contributed by atoms with Gasteiger partial charge in [-0.1, -0.05) is 13.0 Å². The number of ether oxygens (including phenoxy) is 4. The third kappa shape index (κ3) is 4.79. The molecule has 3 aromatic rings. The van der Waals surface area contributed by atoms with Gasteiger partial charge in [0.1, 0.15) is 5.75 Å². The minimum Gasteiger partial charge on any atom is -0.496 e. The van der Waals surface area contributed by atoms with Crippen LogP contribution in [0.4, 0.5) is 5.69 Å². The number of anilines is 1. The molecule has 35 heavy (non-hydrogen) atoms. The van der Waals surface area contributed by atoms with E-state index >= 15 is 0 Å². The number of benzene rings is 1. The van der Waals surface area contributed by atoms with Gasteiger partial charge < -0.3 is 23.8 Å². The Labute approximate surface area is 207 Å². The number of nitrogens with zero attached hydrogens (tertiary/aromatic N) is 3. The molecule has 1 aliphatic carbocycles. The molecule has 7 nitrogen and oxygen atoms in total. The van der Waals surface area contributed by atoms with E-state index in [-0.39, 0.29) is 0 Å². The molecule has 0 unspecified atom stereocenters. The van der Waals surface area contributed by atoms with E-state index in [1.54, 1.807) is 21.3 Å². The van der Waals surface area contributed by atoms with Gasteiger partial charge in [-0.2, -0.15) is 5.10 Å². The molecule has 188 valence electrons. The van der Waals surface area contributed by atoms with Crippen molar-refractivity contribution in [2.45, 2.75) is 39.0 Å². The lowest BCUT2D eigenvalue weighted by Crippen LogP contribution is -2.34. The van der Waals surface area contributed by atoms with Crippen molar-refractivity contribution >= 4 is 11.2 Å². The fourth-order valence-corrected chi connectivity index (χ4v) is 5.23. The van der Waals surface area contributed by atoms with E-state index in [1.165, 1.54) is 18.5 Å². The third-order valence-corrected chi connectivity index (χ3v) is 7.33. The molecule has 7 heteroatoms. The highest BCUT2D eigenvalue weighted by atomic mass is 16.5. The van der Waals surface area contributed by atoms with Crippen LogP contribution >= 0.6 is 0 Å². The Hall–Kier alpha value is -2.93. The minimum atomic E-state index is 0.641. The second-order valence-corrected chi connectivity index (χ2v) is 9.67. The van der Waals surface area contributed by atoms with Gasteiger partial charge >= 0.3 is 0 Å². The quantitative estimate of drug-likeness (QED) is 0.397. The Kier molecular flexibility index (Phi) is 7.04. The zero-order valence-corrected chi connectivity index (χ0v) is 21.4. The molecule has 1 aliphatic heterocycles. The first-order valence-electron chi connectivity index (χ1n) is 12.8. The first-order valence-corrected chi connectivity index (χ1v) is 12.8. The molecule has 1 aromatic carbocycles. The van der Waals surface area contributed by atoms with Crippen molar-refractivity contribution in [3.8, 4) is 28.5 Å². The average molecular weight is 480 g/mol. The number of aromatic nitrogens is 2. The predicted molar refractivity (Wildman–Crippen MR) is 138 cm³/mol. The van der Waals surface area contributed by atoms with Crippen LogP contribution in [-0.4, -0.2) is 57.2 Å². The summed E-state index contributed by atoms with van der Waals surface area (Å²) in [7, 11) is 4.97. The predicted octanol–water partition coefficient (Wildman–Crippen LogP) is 5.23. The van der Waals surface area contributed by atoms with Gasteiger partial charge in [-0.25, -0.2) is 4.52 Å². The Morgan fingerprint density at radius 3 is 2.20 bits per heavy atom. The minimum absolute atomic E-state index is 0.641. The lowest BCUT2D eigenvalue weighted by atomic mass is 9.99. The van der Waals surface area contributed by atoms with Crippen LogP contribution in [-0.2, 0) is 11.2 Å². The molecule has 5 rings (SSSR count).